The number of aromatic nitrogens is 2. The third-order valence-electron chi connectivity index (χ3n) is 14.9. The van der Waals surface area contributed by atoms with Crippen LogP contribution in [-0.4, -0.2) is 26.5 Å². The molecule has 0 fully saturated rings. The molecule has 6 aliphatic rings. The van der Waals surface area contributed by atoms with Crippen molar-refractivity contribution in [2.45, 2.75) is 118 Å². The van der Waals surface area contributed by atoms with E-state index in [1.54, 1.807) is 7.11 Å². The van der Waals surface area contributed by atoms with Crippen LogP contribution in [0.3, 0.4) is 0 Å². The molecule has 0 amide bonds. The van der Waals surface area contributed by atoms with Crippen molar-refractivity contribution in [3.05, 3.63) is 143 Å². The van der Waals surface area contributed by atoms with Crippen LogP contribution in [0.25, 0.3) is 28.5 Å². The maximum Gasteiger partial charge on any atom is 0.553 e. The van der Waals surface area contributed by atoms with Crippen LogP contribution in [0, 0.1) is 10.6 Å². The quantitative estimate of drug-likeness (QED) is 0.131. The van der Waals surface area contributed by atoms with E-state index < -0.39 is 5.91 Å². The molecule has 11 rings (SSSR count). The maximum atomic E-state index is 5.74. The summed E-state index contributed by atoms with van der Waals surface area (Å²) in [5.74, 6) is 0.195. The van der Waals surface area contributed by atoms with Gasteiger partial charge in [0.05, 0.1) is 45.4 Å². The number of methoxy groups -OCH3 is 1. The molecule has 0 N–H and O–H groups in total. The van der Waals surface area contributed by atoms with Gasteiger partial charge >= 0.3 is 5.91 Å². The summed E-state index contributed by atoms with van der Waals surface area (Å²) in [4.78, 5) is 0. The maximum absolute atomic E-state index is 5.74. The predicted octanol–water partition coefficient (Wildman–Crippen LogP) is 9.19. The fourth-order valence-electron chi connectivity index (χ4n) is 12.7. The van der Waals surface area contributed by atoms with Crippen LogP contribution >= 0.6 is 0 Å². The van der Waals surface area contributed by atoms with E-state index in [0.717, 1.165) is 57.1 Å². The van der Waals surface area contributed by atoms with E-state index in [-0.39, 0.29) is 5.41 Å². The molecular weight excluding hydrogens is 685 g/mol. The van der Waals surface area contributed by atoms with Gasteiger partial charge in [0.15, 0.2) is 0 Å². The van der Waals surface area contributed by atoms with E-state index in [1.165, 1.54) is 111 Å². The van der Waals surface area contributed by atoms with Gasteiger partial charge in [0.2, 0.25) is 22.5 Å². The Morgan fingerprint density at radius 1 is 0.679 bits per heavy atom. The molecule has 2 aromatic heterocycles. The molecule has 0 bridgehead atoms. The molecule has 1 atom stereocenters. The van der Waals surface area contributed by atoms with Crippen LogP contribution in [0.4, 0.5) is 0 Å². The second-order valence-electron chi connectivity index (χ2n) is 16.6. The monoisotopic (exact) mass is 738 g/mol. The highest BCUT2D eigenvalue weighted by molar-refractivity contribution is 6.20. The molecule has 56 heavy (non-hydrogen) atoms. The summed E-state index contributed by atoms with van der Waals surface area (Å²) in [5.41, 5.74) is 20.1. The minimum Gasteiger partial charge on any atom is -0.497 e. The van der Waals surface area contributed by atoms with E-state index >= 15 is 0 Å². The van der Waals surface area contributed by atoms with Crippen molar-refractivity contribution >= 4 is 34.2 Å². The number of benzene rings is 3. The smallest absolute Gasteiger partial charge is 0.497 e. The first-order chi connectivity index (χ1) is 27.4. The van der Waals surface area contributed by atoms with Gasteiger partial charge in [-0.3, -0.25) is 0 Å². The molecule has 5 heteroatoms. The highest BCUT2D eigenvalue weighted by Gasteiger charge is 2.75. The van der Waals surface area contributed by atoms with Crippen molar-refractivity contribution in [3.63, 3.8) is 0 Å². The molecular formula is C51H54N4O+2. The molecule has 6 aliphatic heterocycles. The minimum absolute atomic E-state index is 0.129. The van der Waals surface area contributed by atoms with Crippen LogP contribution in [0.2, 0.25) is 0 Å². The fraction of sp³-hybridized carbons (Fsp3) is 0.373. The first kappa shape index (κ1) is 34.1. The molecule has 5 aromatic rings. The lowest BCUT2D eigenvalue weighted by Gasteiger charge is -2.40. The van der Waals surface area contributed by atoms with E-state index in [0.29, 0.717) is 0 Å². The van der Waals surface area contributed by atoms with Crippen molar-refractivity contribution in [1.82, 2.24) is 13.7 Å². The average Bonchev–Trinajstić information content (AvgIpc) is 3.94. The summed E-state index contributed by atoms with van der Waals surface area (Å²) in [6, 6.07) is 20.8. The topological polar surface area (TPSA) is 25.1 Å². The van der Waals surface area contributed by atoms with Gasteiger partial charge in [0.1, 0.15) is 5.75 Å². The Balaban J connectivity index is 1.51. The second kappa shape index (κ2) is 11.5. The van der Waals surface area contributed by atoms with E-state index in [1.807, 2.05) is 0 Å². The zero-order valence-electron chi connectivity index (χ0n) is 34.7. The normalized spacial score (nSPS) is 19.9. The summed E-state index contributed by atoms with van der Waals surface area (Å²) in [6.45, 7) is 19.2. The number of rotatable bonds is 10. The zero-order valence-corrected chi connectivity index (χ0v) is 34.7. The van der Waals surface area contributed by atoms with Gasteiger partial charge in [-0.15, -0.1) is 0 Å². The van der Waals surface area contributed by atoms with Gasteiger partial charge in [-0.2, -0.15) is 9.13 Å². The predicted molar refractivity (Wildman–Crippen MR) is 228 cm³/mol. The molecule has 3 aromatic carbocycles. The van der Waals surface area contributed by atoms with Gasteiger partial charge in [0.25, 0.3) is 0 Å². The number of fused-ring (bicyclic) bond motifs is 2. The molecule has 0 aliphatic carbocycles. The standard InChI is InChI=1S/C51H54N4O/c1-10-32-35(13-4)46-44(29-22-24-31(56-9)25-23-29)47-36(14-5)34(12-3)42-28-43-50(16-7,17-8)39-26-30-20-18-19-21-38(30)45-48-37(15-6)33(11-2)41-27-40(32)52(46)51(53(41)48,54(42)47)55(43)49(39)45/h18-28H,10-17H2,1-9H3/q+2. The molecule has 0 radical (unpaired) electrons. The van der Waals surface area contributed by atoms with Gasteiger partial charge < -0.3 is 4.74 Å². The lowest BCUT2D eigenvalue weighted by molar-refractivity contribution is -0.618. The van der Waals surface area contributed by atoms with Gasteiger partial charge in [-0.1, -0.05) is 101 Å². The first-order valence-corrected chi connectivity index (χ1v) is 21.7. The third-order valence-corrected chi connectivity index (χ3v) is 14.9. The lowest BCUT2D eigenvalue weighted by atomic mass is 9.73. The molecule has 1 spiro atoms. The average molecular weight is 739 g/mol. The van der Waals surface area contributed by atoms with E-state index in [2.05, 4.69) is 140 Å². The van der Waals surface area contributed by atoms with Crippen molar-refractivity contribution in [3.8, 4) is 5.75 Å². The summed E-state index contributed by atoms with van der Waals surface area (Å²) in [6.07, 6.45) is 13.3. The van der Waals surface area contributed by atoms with Crippen LogP contribution in [0.5, 0.6) is 5.75 Å². The minimum atomic E-state index is -0.697. The van der Waals surface area contributed by atoms with E-state index in [4.69, 9.17) is 4.74 Å². The van der Waals surface area contributed by atoms with Crippen LogP contribution < -0.4 is 20.0 Å². The summed E-state index contributed by atoms with van der Waals surface area (Å²) < 4.78 is 17.3. The van der Waals surface area contributed by atoms with Gasteiger partial charge in [-0.25, -0.2) is 0 Å². The molecule has 5 nitrogen and oxygen atoms in total. The van der Waals surface area contributed by atoms with Crippen LogP contribution in [0.15, 0.2) is 77.1 Å². The zero-order chi connectivity index (χ0) is 38.6. The number of hydrogen-bond acceptors (Lipinski definition) is 1. The van der Waals surface area contributed by atoms with Crippen LogP contribution in [0.1, 0.15) is 126 Å². The Morgan fingerprint density at radius 3 is 2.02 bits per heavy atom. The first-order valence-electron chi connectivity index (χ1n) is 21.7. The second-order valence-corrected chi connectivity index (χ2v) is 16.6. The van der Waals surface area contributed by atoms with Crippen LogP contribution in [-0.2, 0) is 37.0 Å². The number of nitrogens with zero attached hydrogens (tertiary/aromatic N) is 4. The van der Waals surface area contributed by atoms with Crippen molar-refractivity contribution in [2.75, 3.05) is 7.11 Å². The number of allylic oxidation sites excluding steroid dienone is 3. The largest absolute Gasteiger partial charge is 0.553 e. The highest BCUT2D eigenvalue weighted by atomic mass is 16.5. The van der Waals surface area contributed by atoms with Gasteiger partial charge in [0, 0.05) is 28.9 Å². The Kier molecular flexibility index (Phi) is 6.98. The Hall–Kier alpha value is -5.16. The Morgan fingerprint density at radius 2 is 1.38 bits per heavy atom. The van der Waals surface area contributed by atoms with Crippen molar-refractivity contribution < 1.29 is 9.31 Å². The van der Waals surface area contributed by atoms with Crippen molar-refractivity contribution in [1.29, 1.82) is 0 Å². The Bertz CT molecular complexity index is 3020. The molecule has 0 saturated carbocycles. The number of hydrogen-bond donors (Lipinski definition) is 0. The van der Waals surface area contributed by atoms with Gasteiger partial charge in [-0.05, 0) is 108 Å². The molecule has 0 saturated heterocycles. The number of ether oxygens (including phenoxy) is 1. The molecule has 8 heterocycles. The summed E-state index contributed by atoms with van der Waals surface area (Å²) in [5, 5.41) is 8.42. The summed E-state index contributed by atoms with van der Waals surface area (Å²) in [7, 11) is 1.77. The van der Waals surface area contributed by atoms with Crippen molar-refractivity contribution in [2.24, 2.45) is 0 Å². The molecule has 1 unspecified atom stereocenters. The SMILES string of the molecule is CCC1=C(CC)C2=[N+]3C1=C(c1ccc(OC)cc1)c1c(CC)c(CC)c4n1C31n3c(c(CC)c(CC)c3=c3c5c(cc6ccccc36)C(CC)(CC)C(=C4)[N+]=51)=C2. The highest BCUT2D eigenvalue weighted by Crippen LogP contribution is 2.57. The summed E-state index contributed by atoms with van der Waals surface area (Å²) >= 11 is 0. The third kappa shape index (κ3) is 3.46. The van der Waals surface area contributed by atoms with E-state index in [9.17, 15) is 0 Å². The fourth-order valence-corrected chi connectivity index (χ4v) is 12.7. The molecule has 282 valence electrons. The lowest BCUT2D eigenvalue weighted by Crippen LogP contribution is -2.70. The Labute approximate surface area is 330 Å².